The summed E-state index contributed by atoms with van der Waals surface area (Å²) < 4.78 is 30.9. The molecule has 0 bridgehead atoms. The first-order valence-electron chi connectivity index (χ1n) is 7.72. The molecule has 0 spiro atoms. The molecule has 0 saturated carbocycles. The molecule has 0 saturated heterocycles. The average Bonchev–Trinajstić information content (AvgIpc) is 3.03. The summed E-state index contributed by atoms with van der Waals surface area (Å²) >= 11 is 0. The zero-order chi connectivity index (χ0) is 18.4. The fraction of sp³-hybridized carbons (Fsp3) is 0.438. The Morgan fingerprint density at radius 2 is 2.24 bits per heavy atom. The number of hydrogen-bond acceptors (Lipinski definition) is 4. The number of carbonyl (C=O) groups excluding carboxylic acids is 1. The number of carbonyl (C=O) groups is 1. The van der Waals surface area contributed by atoms with Gasteiger partial charge in [-0.2, -0.15) is 5.10 Å². The van der Waals surface area contributed by atoms with Crippen molar-refractivity contribution in [2.75, 3.05) is 13.7 Å². The summed E-state index contributed by atoms with van der Waals surface area (Å²) in [6, 6.07) is 2.80. The van der Waals surface area contributed by atoms with Gasteiger partial charge in [-0.3, -0.25) is 4.68 Å². The summed E-state index contributed by atoms with van der Waals surface area (Å²) in [5, 5.41) is 6.87. The number of hydrogen-bond donors (Lipinski definition) is 1. The van der Waals surface area contributed by atoms with Crippen LogP contribution in [0, 0.1) is 0 Å². The second kappa shape index (κ2) is 8.41. The van der Waals surface area contributed by atoms with Crippen molar-refractivity contribution in [3.8, 4) is 5.88 Å². The number of ether oxygens (including phenoxy) is 1. The number of nitrogens with one attached hydrogen (secondary N) is 1. The number of alkyl halides is 2. The van der Waals surface area contributed by atoms with Crippen LogP contribution in [0.15, 0.2) is 30.7 Å². The number of aromatic nitrogens is 3. The summed E-state index contributed by atoms with van der Waals surface area (Å²) in [7, 11) is 3.50. The van der Waals surface area contributed by atoms with Crippen LogP contribution < -0.4 is 10.1 Å². The number of nitrogens with zero attached hydrogens (tertiary/aromatic N) is 4. The molecule has 2 heterocycles. The third-order valence-electron chi connectivity index (χ3n) is 3.71. The van der Waals surface area contributed by atoms with E-state index in [0.717, 1.165) is 5.56 Å². The van der Waals surface area contributed by atoms with Crippen molar-refractivity contribution in [2.24, 2.45) is 7.05 Å². The molecular formula is C16H21F2N5O2. The average molecular weight is 353 g/mol. The third kappa shape index (κ3) is 5.40. The summed E-state index contributed by atoms with van der Waals surface area (Å²) in [4.78, 5) is 17.7. The van der Waals surface area contributed by atoms with Gasteiger partial charge < -0.3 is 15.0 Å². The minimum atomic E-state index is -2.56. The Bertz CT molecular complexity index is 707. The number of aryl methyl sites for hydroxylation is 1. The first-order valence-corrected chi connectivity index (χ1v) is 7.72. The number of rotatable bonds is 7. The molecule has 2 aromatic heterocycles. The molecule has 0 aromatic carbocycles. The molecule has 1 unspecified atom stereocenters. The van der Waals surface area contributed by atoms with Crippen LogP contribution in [-0.2, 0) is 13.6 Å². The zero-order valence-electron chi connectivity index (χ0n) is 14.3. The van der Waals surface area contributed by atoms with Crippen LogP contribution in [0.2, 0.25) is 0 Å². The fourth-order valence-electron chi connectivity index (χ4n) is 2.15. The Hall–Kier alpha value is -2.71. The first-order chi connectivity index (χ1) is 11.9. The second-order valence-corrected chi connectivity index (χ2v) is 5.60. The third-order valence-corrected chi connectivity index (χ3v) is 3.71. The number of pyridine rings is 1. The van der Waals surface area contributed by atoms with Gasteiger partial charge in [-0.25, -0.2) is 18.6 Å². The largest absolute Gasteiger partial charge is 0.472 e. The molecule has 1 N–H and O–H groups in total. The molecule has 1 atom stereocenters. The first kappa shape index (κ1) is 18.6. The number of halogens is 2. The number of urea groups is 1. The smallest absolute Gasteiger partial charge is 0.317 e. The van der Waals surface area contributed by atoms with E-state index in [4.69, 9.17) is 4.74 Å². The normalized spacial score (nSPS) is 12.1. The van der Waals surface area contributed by atoms with Gasteiger partial charge in [0.25, 0.3) is 6.43 Å². The van der Waals surface area contributed by atoms with Gasteiger partial charge in [-0.05, 0) is 18.6 Å². The Kier molecular flexibility index (Phi) is 6.26. The molecule has 0 aliphatic rings. The van der Waals surface area contributed by atoms with E-state index in [2.05, 4.69) is 15.4 Å². The van der Waals surface area contributed by atoms with Crippen LogP contribution in [0.25, 0.3) is 0 Å². The predicted molar refractivity (Wildman–Crippen MR) is 87.4 cm³/mol. The van der Waals surface area contributed by atoms with Gasteiger partial charge in [0, 0.05) is 44.7 Å². The monoisotopic (exact) mass is 353 g/mol. The zero-order valence-corrected chi connectivity index (χ0v) is 14.3. The molecule has 0 fully saturated rings. The Balaban J connectivity index is 1.89. The van der Waals surface area contributed by atoms with E-state index in [-0.39, 0.29) is 24.5 Å². The summed E-state index contributed by atoms with van der Waals surface area (Å²) in [5.74, 6) is 0.101. The highest BCUT2D eigenvalue weighted by Crippen LogP contribution is 2.17. The van der Waals surface area contributed by atoms with Crippen LogP contribution in [-0.4, -0.2) is 45.8 Å². The van der Waals surface area contributed by atoms with E-state index in [0.29, 0.717) is 5.56 Å². The minimum absolute atomic E-state index is 0.101. The van der Waals surface area contributed by atoms with Gasteiger partial charge in [0.15, 0.2) is 6.61 Å². The maximum Gasteiger partial charge on any atom is 0.317 e. The maximum atomic E-state index is 12.3. The van der Waals surface area contributed by atoms with Crippen LogP contribution in [0.5, 0.6) is 5.88 Å². The lowest BCUT2D eigenvalue weighted by Gasteiger charge is -2.24. The molecule has 0 aliphatic heterocycles. The van der Waals surface area contributed by atoms with Crippen molar-refractivity contribution in [1.82, 2.24) is 25.0 Å². The van der Waals surface area contributed by atoms with Crippen molar-refractivity contribution >= 4 is 6.03 Å². The SMILES string of the molecule is CC(c1cnn(C)c1)N(C)C(=O)NCc1ccnc(OCC(F)F)c1. The summed E-state index contributed by atoms with van der Waals surface area (Å²) in [6.07, 6.45) is 2.45. The molecule has 136 valence electrons. The van der Waals surface area contributed by atoms with Crippen LogP contribution in [0.4, 0.5) is 13.6 Å². The van der Waals surface area contributed by atoms with E-state index in [1.165, 1.54) is 12.3 Å². The lowest BCUT2D eigenvalue weighted by Crippen LogP contribution is -2.38. The van der Waals surface area contributed by atoms with E-state index in [9.17, 15) is 13.6 Å². The van der Waals surface area contributed by atoms with Crippen molar-refractivity contribution in [2.45, 2.75) is 25.9 Å². The predicted octanol–water partition coefficient (Wildman–Crippen LogP) is 2.36. The lowest BCUT2D eigenvalue weighted by atomic mass is 10.2. The van der Waals surface area contributed by atoms with Crippen LogP contribution in [0.1, 0.15) is 24.1 Å². The molecule has 2 aromatic rings. The van der Waals surface area contributed by atoms with Gasteiger partial charge in [0.2, 0.25) is 5.88 Å². The Morgan fingerprint density at radius 1 is 1.48 bits per heavy atom. The Morgan fingerprint density at radius 3 is 2.88 bits per heavy atom. The Labute approximate surface area is 144 Å². The minimum Gasteiger partial charge on any atom is -0.472 e. The van der Waals surface area contributed by atoms with Gasteiger partial charge in [0.1, 0.15) is 0 Å². The second-order valence-electron chi connectivity index (χ2n) is 5.60. The van der Waals surface area contributed by atoms with Crippen LogP contribution >= 0.6 is 0 Å². The van der Waals surface area contributed by atoms with E-state index in [1.54, 1.807) is 28.9 Å². The highest BCUT2D eigenvalue weighted by atomic mass is 19.3. The van der Waals surface area contributed by atoms with Crippen molar-refractivity contribution < 1.29 is 18.3 Å². The molecular weight excluding hydrogens is 332 g/mol. The molecule has 2 amide bonds. The highest BCUT2D eigenvalue weighted by molar-refractivity contribution is 5.74. The summed E-state index contributed by atoms with van der Waals surface area (Å²) in [5.41, 5.74) is 1.63. The molecule has 0 radical (unpaired) electrons. The standard InChI is InChI=1S/C16H21F2N5O2/c1-11(13-8-21-22(2)9-13)23(3)16(24)20-7-12-4-5-19-15(6-12)25-10-14(17)18/h4-6,8-9,11,14H,7,10H2,1-3H3,(H,20,24). The maximum absolute atomic E-state index is 12.3. The van der Waals surface area contributed by atoms with Gasteiger partial charge in [-0.1, -0.05) is 0 Å². The lowest BCUT2D eigenvalue weighted by molar-refractivity contribution is 0.0795. The van der Waals surface area contributed by atoms with Gasteiger partial charge in [0.05, 0.1) is 12.2 Å². The van der Waals surface area contributed by atoms with E-state index in [1.807, 2.05) is 20.2 Å². The van der Waals surface area contributed by atoms with Crippen molar-refractivity contribution in [1.29, 1.82) is 0 Å². The topological polar surface area (TPSA) is 72.3 Å². The molecule has 7 nitrogen and oxygen atoms in total. The van der Waals surface area contributed by atoms with Gasteiger partial charge in [-0.15, -0.1) is 0 Å². The van der Waals surface area contributed by atoms with E-state index >= 15 is 0 Å². The fourth-order valence-corrected chi connectivity index (χ4v) is 2.15. The van der Waals surface area contributed by atoms with Crippen LogP contribution in [0.3, 0.4) is 0 Å². The molecule has 2 rings (SSSR count). The van der Waals surface area contributed by atoms with E-state index < -0.39 is 13.0 Å². The number of amides is 2. The quantitative estimate of drug-likeness (QED) is 0.829. The molecule has 25 heavy (non-hydrogen) atoms. The van der Waals surface area contributed by atoms with Crippen molar-refractivity contribution in [3.63, 3.8) is 0 Å². The highest BCUT2D eigenvalue weighted by Gasteiger charge is 2.18. The molecule has 9 heteroatoms. The molecule has 0 aliphatic carbocycles. The summed E-state index contributed by atoms with van der Waals surface area (Å²) in [6.45, 7) is 1.42. The van der Waals surface area contributed by atoms with Gasteiger partial charge >= 0.3 is 6.03 Å². The van der Waals surface area contributed by atoms with Crippen molar-refractivity contribution in [3.05, 3.63) is 41.9 Å².